The maximum atomic E-state index is 10.7. The molecule has 0 atom stereocenters. The van der Waals surface area contributed by atoms with E-state index in [9.17, 15) is 9.36 Å². The number of rotatable bonds is 3. The molecule has 0 heterocycles. The van der Waals surface area contributed by atoms with Gasteiger partial charge in [-0.25, -0.2) is 9.36 Å². The third-order valence-corrected chi connectivity index (χ3v) is 1.30. The van der Waals surface area contributed by atoms with Gasteiger partial charge < -0.3 is 4.52 Å². The molecule has 0 bridgehead atoms. The number of carbonyl (C=O) groups is 1. The summed E-state index contributed by atoms with van der Waals surface area (Å²) in [6, 6.07) is 0. The van der Waals surface area contributed by atoms with Crippen LogP contribution in [0.4, 0.5) is 0 Å². The largest absolute Gasteiger partial charge is 0.527 e. The summed E-state index contributed by atoms with van der Waals surface area (Å²) in [5.74, 6) is -1.05. The molecule has 0 aliphatic rings. The number of hydrogen-bond acceptors (Lipinski definition) is 3. The van der Waals surface area contributed by atoms with Gasteiger partial charge in [-0.3, -0.25) is 9.79 Å². The highest BCUT2D eigenvalue weighted by Gasteiger charge is 2.20. The van der Waals surface area contributed by atoms with Crippen molar-refractivity contribution in [2.75, 3.05) is 0 Å². The Morgan fingerprint density at radius 3 is 2.42 bits per heavy atom. The first-order chi connectivity index (χ1) is 5.37. The molecule has 0 aromatic heterocycles. The van der Waals surface area contributed by atoms with E-state index in [0.717, 1.165) is 0 Å². The summed E-state index contributed by atoms with van der Waals surface area (Å²) in [5, 5.41) is 0. The van der Waals surface area contributed by atoms with E-state index < -0.39 is 13.8 Å². The second-order valence-electron chi connectivity index (χ2n) is 1.95. The van der Waals surface area contributed by atoms with Crippen LogP contribution in [0.15, 0.2) is 24.3 Å². The normalized spacial score (nSPS) is 12.4. The Balaban J connectivity index is 4.34. The average Bonchev–Trinajstić information content (AvgIpc) is 1.84. The zero-order valence-corrected chi connectivity index (χ0v) is 7.32. The van der Waals surface area contributed by atoms with E-state index >= 15 is 0 Å². The lowest BCUT2D eigenvalue weighted by Crippen LogP contribution is -2.03. The van der Waals surface area contributed by atoms with Crippen molar-refractivity contribution in [3.05, 3.63) is 24.3 Å². The quantitative estimate of drug-likeness (QED) is 0.391. The van der Waals surface area contributed by atoms with Crippen molar-refractivity contribution in [2.45, 2.75) is 6.92 Å². The Morgan fingerprint density at radius 1 is 1.58 bits per heavy atom. The maximum absolute atomic E-state index is 10.7. The molecule has 0 aliphatic heterocycles. The summed E-state index contributed by atoms with van der Waals surface area (Å²) in [6.45, 7) is 4.66. The Hall–Kier alpha value is -0.900. The Bertz CT molecular complexity index is 261. The van der Waals surface area contributed by atoms with Crippen LogP contribution >= 0.6 is 7.82 Å². The number of phosphoric ester groups is 1. The highest BCUT2D eigenvalue weighted by atomic mass is 31.2. The molecule has 2 N–H and O–H groups in total. The van der Waals surface area contributed by atoms with Crippen LogP contribution in [0.25, 0.3) is 0 Å². The summed E-state index contributed by atoms with van der Waals surface area (Å²) in [7, 11) is -4.72. The molecule has 6 heteroatoms. The van der Waals surface area contributed by atoms with E-state index in [4.69, 9.17) is 9.79 Å². The van der Waals surface area contributed by atoms with Crippen molar-refractivity contribution in [3.8, 4) is 0 Å². The first-order valence-electron chi connectivity index (χ1n) is 2.95. The fourth-order valence-corrected chi connectivity index (χ4v) is 0.785. The van der Waals surface area contributed by atoms with Gasteiger partial charge in [-0.2, -0.15) is 0 Å². The van der Waals surface area contributed by atoms with Gasteiger partial charge in [0, 0.05) is 5.57 Å². The first-order valence-corrected chi connectivity index (χ1v) is 4.48. The van der Waals surface area contributed by atoms with Crippen molar-refractivity contribution in [2.24, 2.45) is 0 Å². The lowest BCUT2D eigenvalue weighted by molar-refractivity contribution is -0.131. The third kappa shape index (κ3) is 4.85. The molecule has 5 nitrogen and oxygen atoms in total. The summed E-state index contributed by atoms with van der Waals surface area (Å²) in [5.41, 5.74) is 0.0772. The fourth-order valence-electron chi connectivity index (χ4n) is 0.425. The molecule has 0 saturated carbocycles. The van der Waals surface area contributed by atoms with Crippen molar-refractivity contribution >= 4 is 13.8 Å². The molecule has 0 radical (unpaired) electrons. The number of phosphoric acid groups is 1. The monoisotopic (exact) mass is 192 g/mol. The van der Waals surface area contributed by atoms with Crippen molar-refractivity contribution in [1.82, 2.24) is 0 Å². The Morgan fingerprint density at radius 2 is 2.08 bits per heavy atom. The van der Waals surface area contributed by atoms with Crippen LogP contribution in [0.1, 0.15) is 6.92 Å². The molecule has 12 heavy (non-hydrogen) atoms. The summed E-state index contributed by atoms with van der Waals surface area (Å²) >= 11 is 0. The van der Waals surface area contributed by atoms with Gasteiger partial charge in [0.2, 0.25) is 0 Å². The van der Waals surface area contributed by atoms with Gasteiger partial charge in [-0.15, -0.1) is 0 Å². The molecule has 0 aromatic rings. The molecular weight excluding hydrogens is 183 g/mol. The predicted molar refractivity (Wildman–Crippen MR) is 42.1 cm³/mol. The zero-order valence-electron chi connectivity index (χ0n) is 6.43. The Labute approximate surface area is 69.6 Å². The minimum atomic E-state index is -4.72. The number of carbonyl (C=O) groups excluding carboxylic acids is 1. The van der Waals surface area contributed by atoms with E-state index in [1.54, 1.807) is 0 Å². The van der Waals surface area contributed by atoms with E-state index in [2.05, 4.69) is 11.1 Å². The summed E-state index contributed by atoms with van der Waals surface area (Å²) in [6.07, 6.45) is 2.61. The SMILES string of the molecule is C=C/C=C(\C)C(=O)OP(=O)(O)O. The van der Waals surface area contributed by atoms with Gasteiger partial charge in [0.15, 0.2) is 0 Å². The average molecular weight is 192 g/mol. The van der Waals surface area contributed by atoms with Gasteiger partial charge >= 0.3 is 13.8 Å². The van der Waals surface area contributed by atoms with Crippen LogP contribution in [-0.2, 0) is 13.9 Å². The summed E-state index contributed by atoms with van der Waals surface area (Å²) in [4.78, 5) is 27.2. The molecule has 0 amide bonds. The van der Waals surface area contributed by atoms with Crippen LogP contribution in [0, 0.1) is 0 Å². The molecule has 0 spiro atoms. The maximum Gasteiger partial charge on any atom is 0.527 e. The van der Waals surface area contributed by atoms with Crippen molar-refractivity contribution in [3.63, 3.8) is 0 Å². The van der Waals surface area contributed by atoms with Crippen molar-refractivity contribution in [1.29, 1.82) is 0 Å². The standard InChI is InChI=1S/C6H9O5P/c1-3-4-5(2)6(7)11-12(8,9)10/h3-4H,1H2,2H3,(H2,8,9,10)/b5-4+. The lowest BCUT2D eigenvalue weighted by atomic mass is 10.3. The molecule has 68 valence electrons. The van der Waals surface area contributed by atoms with Gasteiger partial charge in [-0.05, 0) is 6.92 Å². The lowest BCUT2D eigenvalue weighted by Gasteiger charge is -2.03. The summed E-state index contributed by atoms with van der Waals surface area (Å²) < 4.78 is 13.9. The number of allylic oxidation sites excluding steroid dienone is 2. The first kappa shape index (κ1) is 11.1. The highest BCUT2D eigenvalue weighted by Crippen LogP contribution is 2.36. The van der Waals surface area contributed by atoms with E-state index in [-0.39, 0.29) is 5.57 Å². The molecule has 0 rings (SSSR count). The minimum Gasteiger partial charge on any atom is -0.367 e. The molecular formula is C6H9O5P. The van der Waals surface area contributed by atoms with Gasteiger partial charge in [0.1, 0.15) is 0 Å². The van der Waals surface area contributed by atoms with Crippen molar-refractivity contribution < 1.29 is 23.7 Å². The van der Waals surface area contributed by atoms with Gasteiger partial charge in [0.05, 0.1) is 0 Å². The predicted octanol–water partition coefficient (Wildman–Crippen LogP) is 0.755. The second kappa shape index (κ2) is 4.21. The Kier molecular flexibility index (Phi) is 3.89. The second-order valence-corrected chi connectivity index (χ2v) is 3.12. The van der Waals surface area contributed by atoms with E-state index in [0.29, 0.717) is 0 Å². The van der Waals surface area contributed by atoms with E-state index in [1.807, 2.05) is 0 Å². The fraction of sp³-hybridized carbons (Fsp3) is 0.167. The molecule has 0 saturated heterocycles. The zero-order chi connectivity index (χ0) is 9.78. The van der Waals surface area contributed by atoms with Crippen LogP contribution < -0.4 is 0 Å². The van der Waals surface area contributed by atoms with Gasteiger partial charge in [0.25, 0.3) is 0 Å². The molecule has 0 fully saturated rings. The molecule has 0 aromatic carbocycles. The van der Waals surface area contributed by atoms with Crippen LogP contribution in [0.2, 0.25) is 0 Å². The smallest absolute Gasteiger partial charge is 0.367 e. The molecule has 0 aliphatic carbocycles. The minimum absolute atomic E-state index is 0.0772. The van der Waals surface area contributed by atoms with Crippen LogP contribution in [-0.4, -0.2) is 15.8 Å². The third-order valence-electron chi connectivity index (χ3n) is 0.892. The van der Waals surface area contributed by atoms with Gasteiger partial charge in [-0.1, -0.05) is 18.7 Å². The van der Waals surface area contributed by atoms with Crippen LogP contribution in [0.5, 0.6) is 0 Å². The molecule has 0 unspecified atom stereocenters. The highest BCUT2D eigenvalue weighted by molar-refractivity contribution is 7.46. The van der Waals surface area contributed by atoms with E-state index in [1.165, 1.54) is 19.1 Å². The van der Waals surface area contributed by atoms with Crippen LogP contribution in [0.3, 0.4) is 0 Å². The number of hydrogen-bond donors (Lipinski definition) is 2. The topological polar surface area (TPSA) is 83.8 Å².